The molecule has 0 radical (unpaired) electrons. The van der Waals surface area contributed by atoms with Gasteiger partial charge in [-0.15, -0.1) is 0 Å². The van der Waals surface area contributed by atoms with Gasteiger partial charge in [0.1, 0.15) is 24.4 Å². The van der Waals surface area contributed by atoms with Crippen molar-refractivity contribution >= 4 is 0 Å². The third-order valence-corrected chi connectivity index (χ3v) is 6.25. The Kier molecular flexibility index (Phi) is 5.58. The molecule has 2 saturated carbocycles. The second-order valence-corrected chi connectivity index (χ2v) is 8.13. The van der Waals surface area contributed by atoms with Crippen LogP contribution in [0.5, 0.6) is 0 Å². The summed E-state index contributed by atoms with van der Waals surface area (Å²) in [4.78, 5) is 0. The quantitative estimate of drug-likeness (QED) is 0.770. The molecule has 26 heavy (non-hydrogen) atoms. The van der Waals surface area contributed by atoms with Crippen molar-refractivity contribution in [2.45, 2.75) is 100 Å². The highest BCUT2D eigenvalue weighted by Gasteiger charge is 2.53. The highest BCUT2D eigenvalue weighted by molar-refractivity contribution is 5.03. The first-order chi connectivity index (χ1) is 12.7. The first-order valence-electron chi connectivity index (χ1n) is 10.2. The van der Waals surface area contributed by atoms with E-state index in [0.717, 1.165) is 51.4 Å². The van der Waals surface area contributed by atoms with E-state index in [2.05, 4.69) is 0 Å². The number of hydrogen-bond donors (Lipinski definition) is 1. The number of ether oxygens (including phenoxy) is 5. The fraction of sp³-hybridized carbons (Fsp3) is 0.900. The molecule has 0 bridgehead atoms. The molecule has 6 nitrogen and oxygen atoms in total. The molecule has 2 saturated heterocycles. The Hall–Kier alpha value is -0.660. The SMILES string of the molecule is CO/C=C/[C@@H]1OC2(CCCCC2)OC1[C@@H](O)C1COC2(CCCCC2)O1. The average molecular weight is 368 g/mol. The van der Waals surface area contributed by atoms with Gasteiger partial charge in [0.2, 0.25) is 0 Å². The molecular weight excluding hydrogens is 336 g/mol. The van der Waals surface area contributed by atoms with E-state index in [9.17, 15) is 5.11 Å². The first-order valence-corrected chi connectivity index (χ1v) is 10.2. The van der Waals surface area contributed by atoms with E-state index in [0.29, 0.717) is 6.61 Å². The van der Waals surface area contributed by atoms with Gasteiger partial charge in [0.05, 0.1) is 20.0 Å². The number of aliphatic hydroxyl groups is 1. The zero-order valence-corrected chi connectivity index (χ0v) is 15.7. The molecule has 0 amide bonds. The monoisotopic (exact) mass is 368 g/mol. The number of aliphatic hydroxyl groups excluding tert-OH is 1. The van der Waals surface area contributed by atoms with Crippen LogP contribution < -0.4 is 0 Å². The standard InChI is InChI=1S/C20H32O6/c1-22-13-8-15-18(26-20(24-15)11-6-3-7-12-20)17(21)16-14-23-19(25-16)9-4-2-5-10-19/h8,13,15-18,21H,2-7,9-12,14H2,1H3/b13-8+/t15-,16?,17-,18?/m0/s1. The van der Waals surface area contributed by atoms with Gasteiger partial charge < -0.3 is 28.8 Å². The van der Waals surface area contributed by atoms with Gasteiger partial charge in [-0.05, 0) is 31.8 Å². The minimum absolute atomic E-state index is 0.338. The van der Waals surface area contributed by atoms with Gasteiger partial charge in [-0.25, -0.2) is 0 Å². The molecule has 2 heterocycles. The first kappa shape index (κ1) is 18.7. The lowest BCUT2D eigenvalue weighted by Crippen LogP contribution is -2.45. The van der Waals surface area contributed by atoms with Crippen molar-refractivity contribution < 1.29 is 28.8 Å². The van der Waals surface area contributed by atoms with Crippen LogP contribution in [0.25, 0.3) is 0 Å². The maximum atomic E-state index is 11.1. The summed E-state index contributed by atoms with van der Waals surface area (Å²) in [6, 6.07) is 0. The minimum atomic E-state index is -0.788. The zero-order valence-electron chi connectivity index (χ0n) is 15.7. The van der Waals surface area contributed by atoms with E-state index in [1.54, 1.807) is 13.4 Å². The van der Waals surface area contributed by atoms with Gasteiger partial charge in [0, 0.05) is 25.7 Å². The van der Waals surface area contributed by atoms with E-state index in [4.69, 9.17) is 23.7 Å². The molecule has 0 aromatic heterocycles. The van der Waals surface area contributed by atoms with Crippen LogP contribution >= 0.6 is 0 Å². The minimum Gasteiger partial charge on any atom is -0.505 e. The Balaban J connectivity index is 1.46. The van der Waals surface area contributed by atoms with Crippen molar-refractivity contribution in [2.24, 2.45) is 0 Å². The molecular formula is C20H32O6. The molecule has 4 fully saturated rings. The number of methoxy groups -OCH3 is 1. The summed E-state index contributed by atoms with van der Waals surface area (Å²) >= 11 is 0. The summed E-state index contributed by atoms with van der Waals surface area (Å²) < 4.78 is 29.9. The summed E-state index contributed by atoms with van der Waals surface area (Å²) in [7, 11) is 1.61. The third kappa shape index (κ3) is 3.67. The highest BCUT2D eigenvalue weighted by Crippen LogP contribution is 2.44. The van der Waals surface area contributed by atoms with Crippen LogP contribution in [0.15, 0.2) is 12.3 Å². The highest BCUT2D eigenvalue weighted by atomic mass is 16.8. The molecule has 2 aliphatic carbocycles. The Morgan fingerprint density at radius 3 is 2.23 bits per heavy atom. The van der Waals surface area contributed by atoms with Crippen LogP contribution in [-0.2, 0) is 23.7 Å². The number of hydrogen-bond acceptors (Lipinski definition) is 6. The lowest BCUT2D eigenvalue weighted by atomic mass is 9.94. The third-order valence-electron chi connectivity index (χ3n) is 6.25. The van der Waals surface area contributed by atoms with E-state index in [-0.39, 0.29) is 12.2 Å². The molecule has 0 aromatic rings. The van der Waals surface area contributed by atoms with Gasteiger partial charge in [-0.3, -0.25) is 0 Å². The molecule has 2 spiro atoms. The molecule has 0 aromatic carbocycles. The van der Waals surface area contributed by atoms with Crippen molar-refractivity contribution in [3.8, 4) is 0 Å². The van der Waals surface area contributed by atoms with Crippen LogP contribution in [0, 0.1) is 0 Å². The molecule has 2 aliphatic heterocycles. The van der Waals surface area contributed by atoms with Crippen LogP contribution in [-0.4, -0.2) is 54.8 Å². The molecule has 4 atom stereocenters. The maximum Gasteiger partial charge on any atom is 0.169 e. The Morgan fingerprint density at radius 2 is 1.58 bits per heavy atom. The second kappa shape index (κ2) is 7.76. The fourth-order valence-corrected chi connectivity index (χ4v) is 4.86. The predicted octanol–water partition coefficient (Wildman–Crippen LogP) is 3.03. The van der Waals surface area contributed by atoms with Crippen molar-refractivity contribution in [1.29, 1.82) is 0 Å². The largest absolute Gasteiger partial charge is 0.505 e. The van der Waals surface area contributed by atoms with E-state index < -0.39 is 23.8 Å². The smallest absolute Gasteiger partial charge is 0.169 e. The molecule has 6 heteroatoms. The maximum absolute atomic E-state index is 11.1. The summed E-state index contributed by atoms with van der Waals surface area (Å²) in [6.45, 7) is 0.411. The molecule has 2 unspecified atom stereocenters. The summed E-state index contributed by atoms with van der Waals surface area (Å²) in [5.41, 5.74) is 0. The van der Waals surface area contributed by atoms with Crippen molar-refractivity contribution in [2.75, 3.05) is 13.7 Å². The number of rotatable bonds is 4. The van der Waals surface area contributed by atoms with Gasteiger partial charge in [0.15, 0.2) is 11.6 Å². The lowest BCUT2D eigenvalue weighted by Gasteiger charge is -2.34. The summed E-state index contributed by atoms with van der Waals surface area (Å²) in [6.07, 6.45) is 11.9. The summed E-state index contributed by atoms with van der Waals surface area (Å²) in [5, 5.41) is 11.1. The van der Waals surface area contributed by atoms with E-state index in [1.807, 2.05) is 6.08 Å². The van der Waals surface area contributed by atoms with Gasteiger partial charge in [-0.1, -0.05) is 12.8 Å². The normalized spacial score (nSPS) is 37.5. The van der Waals surface area contributed by atoms with E-state index in [1.165, 1.54) is 12.8 Å². The zero-order chi connectivity index (χ0) is 18.0. The summed E-state index contributed by atoms with van der Waals surface area (Å²) in [5.74, 6) is -1.07. The Morgan fingerprint density at radius 1 is 0.923 bits per heavy atom. The van der Waals surface area contributed by atoms with Crippen LogP contribution in [0.1, 0.15) is 64.2 Å². The molecule has 4 rings (SSSR count). The van der Waals surface area contributed by atoms with Crippen LogP contribution in [0.4, 0.5) is 0 Å². The van der Waals surface area contributed by atoms with Gasteiger partial charge in [-0.2, -0.15) is 0 Å². The van der Waals surface area contributed by atoms with Gasteiger partial charge in [0.25, 0.3) is 0 Å². The van der Waals surface area contributed by atoms with Crippen molar-refractivity contribution in [3.63, 3.8) is 0 Å². The Bertz CT molecular complexity index is 495. The lowest BCUT2D eigenvalue weighted by molar-refractivity contribution is -0.216. The van der Waals surface area contributed by atoms with Crippen molar-refractivity contribution in [1.82, 2.24) is 0 Å². The second-order valence-electron chi connectivity index (χ2n) is 8.13. The molecule has 1 N–H and O–H groups in total. The molecule has 4 aliphatic rings. The topological polar surface area (TPSA) is 66.4 Å². The van der Waals surface area contributed by atoms with Gasteiger partial charge >= 0.3 is 0 Å². The predicted molar refractivity (Wildman–Crippen MR) is 94.4 cm³/mol. The molecule has 148 valence electrons. The fourth-order valence-electron chi connectivity index (χ4n) is 4.86. The Labute approximate surface area is 155 Å². The van der Waals surface area contributed by atoms with Crippen LogP contribution in [0.3, 0.4) is 0 Å². The van der Waals surface area contributed by atoms with E-state index >= 15 is 0 Å². The van der Waals surface area contributed by atoms with Crippen LogP contribution in [0.2, 0.25) is 0 Å². The average Bonchev–Trinajstić information content (AvgIpc) is 3.23. The van der Waals surface area contributed by atoms with Crippen molar-refractivity contribution in [3.05, 3.63) is 12.3 Å².